The maximum Gasteiger partial charge on any atom is 0.231 e. The molecule has 1 aliphatic heterocycles. The van der Waals surface area contributed by atoms with Gasteiger partial charge in [0, 0.05) is 36.6 Å². The van der Waals surface area contributed by atoms with E-state index in [2.05, 4.69) is 20.5 Å². The molecular formula is C18H19N5O3S. The highest BCUT2D eigenvalue weighted by molar-refractivity contribution is 7.13. The summed E-state index contributed by atoms with van der Waals surface area (Å²) in [4.78, 5) is 29.6. The summed E-state index contributed by atoms with van der Waals surface area (Å²) in [5.41, 5.74) is 3.71. The first-order chi connectivity index (χ1) is 13.1. The van der Waals surface area contributed by atoms with Crippen LogP contribution >= 0.6 is 11.3 Å². The Kier molecular flexibility index (Phi) is 4.76. The highest BCUT2D eigenvalue weighted by atomic mass is 32.1. The third-order valence-electron chi connectivity index (χ3n) is 4.80. The van der Waals surface area contributed by atoms with Crippen molar-refractivity contribution >= 4 is 39.2 Å². The fourth-order valence-corrected chi connectivity index (χ4v) is 3.79. The summed E-state index contributed by atoms with van der Waals surface area (Å²) in [6.07, 6.45) is 2.90. The normalized spacial score (nSPS) is 16.9. The van der Waals surface area contributed by atoms with Crippen LogP contribution in [-0.4, -0.2) is 52.1 Å². The number of ether oxygens (including phenoxy) is 1. The second-order valence-electron chi connectivity index (χ2n) is 6.45. The number of amides is 2. The van der Waals surface area contributed by atoms with Crippen molar-refractivity contribution < 1.29 is 14.3 Å². The van der Waals surface area contributed by atoms with Crippen molar-refractivity contribution in [3.63, 3.8) is 0 Å². The van der Waals surface area contributed by atoms with Crippen LogP contribution in [0, 0.1) is 5.92 Å². The Morgan fingerprint density at radius 1 is 1.48 bits per heavy atom. The van der Waals surface area contributed by atoms with Gasteiger partial charge in [0.05, 0.1) is 13.0 Å². The zero-order chi connectivity index (χ0) is 18.8. The van der Waals surface area contributed by atoms with Crippen LogP contribution in [0.5, 0.6) is 5.75 Å². The minimum atomic E-state index is -0.357. The molecule has 0 radical (unpaired) electrons. The molecule has 0 spiro atoms. The largest absolute Gasteiger partial charge is 0.497 e. The van der Waals surface area contributed by atoms with E-state index in [-0.39, 0.29) is 24.2 Å². The Morgan fingerprint density at radius 3 is 3.15 bits per heavy atom. The summed E-state index contributed by atoms with van der Waals surface area (Å²) in [6.45, 7) is 1.00. The van der Waals surface area contributed by atoms with Crippen LogP contribution in [0.15, 0.2) is 29.9 Å². The van der Waals surface area contributed by atoms with Gasteiger partial charge in [0.15, 0.2) is 0 Å². The van der Waals surface area contributed by atoms with Gasteiger partial charge in [-0.25, -0.2) is 0 Å². The number of aromatic amines is 1. The average molecular weight is 385 g/mol. The van der Waals surface area contributed by atoms with Crippen molar-refractivity contribution in [1.82, 2.24) is 20.1 Å². The summed E-state index contributed by atoms with van der Waals surface area (Å²) in [5.74, 6) is 0.266. The smallest absolute Gasteiger partial charge is 0.231 e. The molecule has 2 N–H and O–H groups in total. The van der Waals surface area contributed by atoms with Gasteiger partial charge in [0.2, 0.25) is 16.9 Å². The molecule has 9 heteroatoms. The molecule has 1 fully saturated rings. The minimum absolute atomic E-state index is 0.00448. The van der Waals surface area contributed by atoms with Gasteiger partial charge in [-0.3, -0.25) is 9.59 Å². The zero-order valence-corrected chi connectivity index (χ0v) is 15.6. The lowest BCUT2D eigenvalue weighted by Crippen LogP contribution is -2.30. The number of hydrogen-bond donors (Lipinski definition) is 2. The van der Waals surface area contributed by atoms with E-state index >= 15 is 0 Å². The third-order valence-corrected chi connectivity index (χ3v) is 5.41. The zero-order valence-electron chi connectivity index (χ0n) is 14.8. The Morgan fingerprint density at radius 2 is 2.37 bits per heavy atom. The van der Waals surface area contributed by atoms with Crippen molar-refractivity contribution in [2.24, 2.45) is 5.92 Å². The molecule has 2 amide bonds. The molecule has 1 unspecified atom stereocenters. The molecule has 1 atom stereocenters. The van der Waals surface area contributed by atoms with Crippen LogP contribution in [0.25, 0.3) is 10.9 Å². The lowest BCUT2D eigenvalue weighted by atomic mass is 10.1. The number of methoxy groups -OCH3 is 1. The predicted molar refractivity (Wildman–Crippen MR) is 102 cm³/mol. The van der Waals surface area contributed by atoms with Crippen LogP contribution in [0.1, 0.15) is 12.0 Å². The highest BCUT2D eigenvalue weighted by Crippen LogP contribution is 2.25. The van der Waals surface area contributed by atoms with Gasteiger partial charge in [-0.05, 0) is 30.2 Å². The van der Waals surface area contributed by atoms with Crippen molar-refractivity contribution in [2.45, 2.75) is 12.8 Å². The number of aromatic nitrogens is 3. The number of likely N-dealkylation sites (tertiary alicyclic amines) is 1. The maximum atomic E-state index is 12.3. The van der Waals surface area contributed by atoms with Gasteiger partial charge >= 0.3 is 0 Å². The lowest BCUT2D eigenvalue weighted by molar-refractivity contribution is -0.128. The topological polar surface area (TPSA) is 100 Å². The summed E-state index contributed by atoms with van der Waals surface area (Å²) >= 11 is 1.26. The standard InChI is InChI=1S/C18H19N5O3S/c1-26-13-2-3-15-14(7-13)11(8-19-15)4-5-23-9-12(6-16(23)24)17(25)21-18-22-20-10-27-18/h2-3,7-8,10,12,19H,4-6,9H2,1H3,(H,21,22,25). The van der Waals surface area contributed by atoms with Crippen LogP contribution in [-0.2, 0) is 16.0 Å². The van der Waals surface area contributed by atoms with E-state index in [1.54, 1.807) is 17.5 Å². The molecule has 4 rings (SSSR count). The van der Waals surface area contributed by atoms with Gasteiger partial charge in [0.25, 0.3) is 0 Å². The first kappa shape index (κ1) is 17.5. The average Bonchev–Trinajstić information content (AvgIpc) is 3.40. The van der Waals surface area contributed by atoms with E-state index in [4.69, 9.17) is 4.74 Å². The molecule has 1 aromatic carbocycles. The SMILES string of the molecule is COc1ccc2[nH]cc(CCN3CC(C(=O)Nc4nncs4)CC3=O)c2c1. The number of carbonyl (C=O) groups excluding carboxylic acids is 2. The van der Waals surface area contributed by atoms with E-state index in [1.807, 2.05) is 24.4 Å². The van der Waals surface area contributed by atoms with E-state index in [9.17, 15) is 9.59 Å². The monoisotopic (exact) mass is 385 g/mol. The molecule has 1 saturated heterocycles. The van der Waals surface area contributed by atoms with Gasteiger partial charge in [-0.1, -0.05) is 11.3 Å². The molecule has 140 valence electrons. The summed E-state index contributed by atoms with van der Waals surface area (Å²) in [6, 6.07) is 5.88. The number of nitrogens with one attached hydrogen (secondary N) is 2. The molecule has 27 heavy (non-hydrogen) atoms. The molecule has 0 aliphatic carbocycles. The first-order valence-corrected chi connectivity index (χ1v) is 9.51. The first-order valence-electron chi connectivity index (χ1n) is 8.63. The van der Waals surface area contributed by atoms with Crippen LogP contribution in [0.4, 0.5) is 5.13 Å². The Bertz CT molecular complexity index is 969. The number of fused-ring (bicyclic) bond motifs is 1. The fourth-order valence-electron chi connectivity index (χ4n) is 3.35. The fraction of sp³-hybridized carbons (Fsp3) is 0.333. The summed E-state index contributed by atoms with van der Waals surface area (Å²) in [5, 5.41) is 11.8. The Balaban J connectivity index is 1.39. The Hall–Kier alpha value is -2.94. The van der Waals surface area contributed by atoms with Gasteiger partial charge in [-0.15, -0.1) is 10.2 Å². The van der Waals surface area contributed by atoms with E-state index in [1.165, 1.54) is 11.3 Å². The van der Waals surface area contributed by atoms with Crippen molar-refractivity contribution in [3.05, 3.63) is 35.5 Å². The molecule has 0 saturated carbocycles. The third kappa shape index (κ3) is 3.63. The maximum absolute atomic E-state index is 12.3. The number of carbonyl (C=O) groups is 2. The quantitative estimate of drug-likeness (QED) is 0.676. The van der Waals surface area contributed by atoms with E-state index < -0.39 is 0 Å². The van der Waals surface area contributed by atoms with Crippen LogP contribution in [0.3, 0.4) is 0 Å². The molecule has 1 aliphatic rings. The Labute approximate surface area is 159 Å². The number of anilines is 1. The number of nitrogens with zero attached hydrogens (tertiary/aromatic N) is 3. The number of benzene rings is 1. The van der Waals surface area contributed by atoms with Crippen molar-refractivity contribution in [3.8, 4) is 5.75 Å². The number of rotatable bonds is 6. The van der Waals surface area contributed by atoms with Gasteiger partial charge in [-0.2, -0.15) is 0 Å². The van der Waals surface area contributed by atoms with Crippen molar-refractivity contribution in [2.75, 3.05) is 25.5 Å². The summed E-state index contributed by atoms with van der Waals surface area (Å²) < 4.78 is 5.29. The summed E-state index contributed by atoms with van der Waals surface area (Å²) in [7, 11) is 1.64. The second kappa shape index (κ2) is 7.36. The van der Waals surface area contributed by atoms with Gasteiger partial charge in [0.1, 0.15) is 11.3 Å². The van der Waals surface area contributed by atoms with Crippen molar-refractivity contribution in [1.29, 1.82) is 0 Å². The molecule has 2 aromatic heterocycles. The van der Waals surface area contributed by atoms with E-state index in [0.717, 1.165) is 22.2 Å². The molecule has 3 aromatic rings. The lowest BCUT2D eigenvalue weighted by Gasteiger charge is -2.16. The predicted octanol–water partition coefficient (Wildman–Crippen LogP) is 2.06. The molecule has 0 bridgehead atoms. The van der Waals surface area contributed by atoms with E-state index in [0.29, 0.717) is 24.6 Å². The number of H-pyrrole nitrogens is 1. The van der Waals surface area contributed by atoms with Gasteiger partial charge < -0.3 is 19.9 Å². The molecular weight excluding hydrogens is 366 g/mol. The molecule has 3 heterocycles. The minimum Gasteiger partial charge on any atom is -0.497 e. The van der Waals surface area contributed by atoms with Crippen LogP contribution < -0.4 is 10.1 Å². The molecule has 8 nitrogen and oxygen atoms in total. The highest BCUT2D eigenvalue weighted by Gasteiger charge is 2.34. The number of hydrogen-bond acceptors (Lipinski definition) is 6. The van der Waals surface area contributed by atoms with Crippen LogP contribution in [0.2, 0.25) is 0 Å². The second-order valence-corrected chi connectivity index (χ2v) is 7.28.